The first-order valence-corrected chi connectivity index (χ1v) is 9.88. The highest BCUT2D eigenvalue weighted by atomic mass is 32.2. The molecule has 3 rings (SSSR count). The molecule has 0 bridgehead atoms. The van der Waals surface area contributed by atoms with Crippen LogP contribution in [-0.2, 0) is 20.6 Å². The molecule has 2 aliphatic rings. The monoisotopic (exact) mass is 387 g/mol. The van der Waals surface area contributed by atoms with Crippen LogP contribution < -0.4 is 10.1 Å². The standard InChI is InChI=1S/C20H26BNO4S/c1-19(2)20(3,4)26-21(25-19)17-11-7-10-16(27-17)18(23)22-13-14-8-6-9-15(12-14)24-5/h6,8-12H,7,13H2,1-5H3,(H,22,23). The summed E-state index contributed by atoms with van der Waals surface area (Å²) in [4.78, 5) is 14.2. The lowest BCUT2D eigenvalue weighted by Gasteiger charge is -2.32. The Hall–Kier alpha value is -1.70. The first-order chi connectivity index (χ1) is 12.7. The number of methoxy groups -OCH3 is 1. The highest BCUT2D eigenvalue weighted by Gasteiger charge is 2.52. The van der Waals surface area contributed by atoms with Gasteiger partial charge in [-0.2, -0.15) is 0 Å². The van der Waals surface area contributed by atoms with Crippen LogP contribution in [0.3, 0.4) is 0 Å². The van der Waals surface area contributed by atoms with Crippen molar-refractivity contribution in [2.24, 2.45) is 0 Å². The van der Waals surface area contributed by atoms with Gasteiger partial charge in [-0.15, -0.1) is 0 Å². The summed E-state index contributed by atoms with van der Waals surface area (Å²) in [6.45, 7) is 8.55. The van der Waals surface area contributed by atoms with Crippen molar-refractivity contribution in [1.82, 2.24) is 5.32 Å². The molecule has 0 aliphatic carbocycles. The molecule has 0 unspecified atom stereocenters. The number of nitrogens with one attached hydrogen (secondary N) is 1. The highest BCUT2D eigenvalue weighted by molar-refractivity contribution is 8.09. The first kappa shape index (κ1) is 20.0. The quantitative estimate of drug-likeness (QED) is 0.778. The van der Waals surface area contributed by atoms with Crippen molar-refractivity contribution in [2.45, 2.75) is 51.9 Å². The Balaban J connectivity index is 1.59. The SMILES string of the molecule is COc1cccc(CNC(=O)C2=CCC=C(B3OC(C)(C)C(C)(C)O3)S2)c1. The lowest BCUT2D eigenvalue weighted by molar-refractivity contribution is -0.117. The van der Waals surface area contributed by atoms with Gasteiger partial charge >= 0.3 is 7.12 Å². The summed E-state index contributed by atoms with van der Waals surface area (Å²) in [5.41, 5.74) is 0.204. The smallest absolute Gasteiger partial charge is 0.497 e. The van der Waals surface area contributed by atoms with Crippen molar-refractivity contribution in [1.29, 1.82) is 0 Å². The Morgan fingerprint density at radius 2 is 1.93 bits per heavy atom. The van der Waals surface area contributed by atoms with Gasteiger partial charge in [0.15, 0.2) is 0 Å². The third kappa shape index (κ3) is 4.42. The summed E-state index contributed by atoms with van der Waals surface area (Å²) >= 11 is 1.42. The second kappa shape index (κ2) is 7.74. The first-order valence-electron chi connectivity index (χ1n) is 9.07. The van der Waals surface area contributed by atoms with Gasteiger partial charge in [0.25, 0.3) is 5.91 Å². The van der Waals surface area contributed by atoms with Crippen LogP contribution in [0.15, 0.2) is 46.1 Å². The summed E-state index contributed by atoms with van der Waals surface area (Å²) in [6, 6.07) is 7.67. The van der Waals surface area contributed by atoms with Gasteiger partial charge in [-0.05, 0) is 51.8 Å². The van der Waals surface area contributed by atoms with E-state index in [4.69, 9.17) is 14.0 Å². The summed E-state index contributed by atoms with van der Waals surface area (Å²) in [6.07, 6.45) is 4.68. The van der Waals surface area contributed by atoms with E-state index in [1.54, 1.807) is 7.11 Å². The number of hydrogen-bond acceptors (Lipinski definition) is 5. The molecule has 0 atom stereocenters. The summed E-state index contributed by atoms with van der Waals surface area (Å²) in [5, 5.41) is 2.97. The number of allylic oxidation sites excluding steroid dienone is 2. The maximum atomic E-state index is 12.6. The van der Waals surface area contributed by atoms with Crippen molar-refractivity contribution >= 4 is 24.8 Å². The van der Waals surface area contributed by atoms with E-state index in [1.165, 1.54) is 11.8 Å². The lowest BCUT2D eigenvalue weighted by Crippen LogP contribution is -2.41. The largest absolute Gasteiger partial charge is 0.501 e. The van der Waals surface area contributed by atoms with E-state index in [0.29, 0.717) is 17.9 Å². The molecule has 1 fully saturated rings. The van der Waals surface area contributed by atoms with Crippen LogP contribution in [0, 0.1) is 0 Å². The summed E-state index contributed by atoms with van der Waals surface area (Å²) in [7, 11) is 1.19. The number of rotatable bonds is 5. The molecule has 2 heterocycles. The third-order valence-electron chi connectivity index (χ3n) is 5.15. The van der Waals surface area contributed by atoms with Crippen LogP contribution in [0.5, 0.6) is 5.75 Å². The van der Waals surface area contributed by atoms with Crippen LogP contribution in [0.1, 0.15) is 39.7 Å². The van der Waals surface area contributed by atoms with E-state index < -0.39 is 18.3 Å². The molecular formula is C20H26BNO4S. The Bertz CT molecular complexity index is 772. The predicted octanol–water partition coefficient (Wildman–Crippen LogP) is 3.85. The van der Waals surface area contributed by atoms with E-state index in [2.05, 4.69) is 11.4 Å². The predicted molar refractivity (Wildman–Crippen MR) is 109 cm³/mol. The van der Waals surface area contributed by atoms with Gasteiger partial charge in [-0.3, -0.25) is 4.79 Å². The fraction of sp³-hybridized carbons (Fsp3) is 0.450. The van der Waals surface area contributed by atoms with Gasteiger partial charge < -0.3 is 19.4 Å². The molecule has 0 aromatic heterocycles. The number of carbonyl (C=O) groups is 1. The average Bonchev–Trinajstić information content (AvgIpc) is 2.87. The molecule has 5 nitrogen and oxygen atoms in total. The lowest BCUT2D eigenvalue weighted by atomic mass is 9.88. The molecule has 7 heteroatoms. The average molecular weight is 387 g/mol. The molecule has 0 spiro atoms. The van der Waals surface area contributed by atoms with E-state index in [0.717, 1.165) is 16.1 Å². The second-order valence-corrected chi connectivity index (χ2v) is 8.75. The number of amides is 1. The fourth-order valence-corrected chi connectivity index (χ4v) is 3.76. The number of ether oxygens (including phenoxy) is 1. The van der Waals surface area contributed by atoms with Crippen molar-refractivity contribution in [2.75, 3.05) is 7.11 Å². The van der Waals surface area contributed by atoms with Crippen LogP contribution in [0.4, 0.5) is 0 Å². The maximum absolute atomic E-state index is 12.6. The zero-order valence-electron chi connectivity index (χ0n) is 16.5. The molecule has 1 aromatic rings. The molecule has 0 saturated carbocycles. The zero-order valence-corrected chi connectivity index (χ0v) is 17.3. The zero-order chi connectivity index (χ0) is 19.7. The maximum Gasteiger partial charge on any atom is 0.501 e. The highest BCUT2D eigenvalue weighted by Crippen LogP contribution is 2.43. The minimum Gasteiger partial charge on any atom is -0.497 e. The Labute approximate surface area is 165 Å². The Morgan fingerprint density at radius 1 is 1.22 bits per heavy atom. The van der Waals surface area contributed by atoms with Gasteiger partial charge in [0.05, 0.1) is 23.2 Å². The third-order valence-corrected chi connectivity index (χ3v) is 6.31. The fourth-order valence-electron chi connectivity index (χ4n) is 2.79. The molecule has 1 aromatic carbocycles. The van der Waals surface area contributed by atoms with Crippen molar-refractivity contribution in [3.63, 3.8) is 0 Å². The minimum absolute atomic E-state index is 0.0927. The van der Waals surface area contributed by atoms with Gasteiger partial charge in [0.2, 0.25) is 0 Å². The number of benzene rings is 1. The van der Waals surface area contributed by atoms with Crippen molar-refractivity contribution in [3.8, 4) is 5.75 Å². The number of carbonyl (C=O) groups excluding carboxylic acids is 1. The van der Waals surface area contributed by atoms with Gasteiger partial charge in [-0.1, -0.05) is 36.0 Å². The van der Waals surface area contributed by atoms with Gasteiger partial charge in [0, 0.05) is 11.3 Å². The van der Waals surface area contributed by atoms with E-state index >= 15 is 0 Å². The molecule has 0 radical (unpaired) electrons. The Morgan fingerprint density at radius 3 is 2.59 bits per heavy atom. The van der Waals surface area contributed by atoms with Crippen LogP contribution in [-0.4, -0.2) is 31.3 Å². The van der Waals surface area contributed by atoms with Crippen molar-refractivity contribution in [3.05, 3.63) is 51.7 Å². The van der Waals surface area contributed by atoms with E-state index in [9.17, 15) is 4.79 Å². The molecule has 1 N–H and O–H groups in total. The van der Waals surface area contributed by atoms with Crippen LogP contribution in [0.25, 0.3) is 0 Å². The van der Waals surface area contributed by atoms with Gasteiger partial charge in [-0.25, -0.2) is 0 Å². The summed E-state index contributed by atoms with van der Waals surface area (Å²) in [5.74, 6) is 0.684. The molecule has 1 amide bonds. The number of thioether (sulfide) groups is 1. The van der Waals surface area contributed by atoms with E-state index in [-0.39, 0.29) is 5.91 Å². The Kier molecular flexibility index (Phi) is 5.75. The molecule has 27 heavy (non-hydrogen) atoms. The summed E-state index contributed by atoms with van der Waals surface area (Å²) < 4.78 is 17.4. The normalized spacial score (nSPS) is 20.7. The molecule has 2 aliphatic heterocycles. The van der Waals surface area contributed by atoms with Crippen LogP contribution in [0.2, 0.25) is 0 Å². The van der Waals surface area contributed by atoms with E-state index in [1.807, 2.05) is 58.0 Å². The topological polar surface area (TPSA) is 56.8 Å². The second-order valence-electron chi connectivity index (χ2n) is 7.64. The van der Waals surface area contributed by atoms with Crippen molar-refractivity contribution < 1.29 is 18.8 Å². The minimum atomic E-state index is -0.435. The number of hydrogen-bond donors (Lipinski definition) is 1. The van der Waals surface area contributed by atoms with Gasteiger partial charge in [0.1, 0.15) is 5.75 Å². The molecule has 144 valence electrons. The molecule has 1 saturated heterocycles. The molecular weight excluding hydrogens is 361 g/mol. The van der Waals surface area contributed by atoms with Crippen LogP contribution >= 0.6 is 11.8 Å².